The molecule has 2 N–H and O–H groups in total. The Kier molecular flexibility index (Phi) is 3.79. The summed E-state index contributed by atoms with van der Waals surface area (Å²) in [4.78, 5) is 0.336. The Morgan fingerprint density at radius 2 is 2.11 bits per heavy atom. The molecule has 0 radical (unpaired) electrons. The van der Waals surface area contributed by atoms with E-state index in [0.29, 0.717) is 11.4 Å². The van der Waals surface area contributed by atoms with Gasteiger partial charge in [-0.3, -0.25) is 0 Å². The molecule has 0 aliphatic carbocycles. The van der Waals surface area contributed by atoms with Crippen LogP contribution in [0.3, 0.4) is 0 Å². The summed E-state index contributed by atoms with van der Waals surface area (Å²) in [6.07, 6.45) is 5.36. The topological polar surface area (TPSA) is 63.1 Å². The SMILES string of the molecule is Cn1ccc(S(=O)(=O)NCC2(C)CCNCC2)c1. The molecule has 0 amide bonds. The van der Waals surface area contributed by atoms with E-state index in [4.69, 9.17) is 0 Å². The van der Waals surface area contributed by atoms with Crippen LogP contribution in [0, 0.1) is 5.41 Å². The van der Waals surface area contributed by atoms with Gasteiger partial charge in [-0.1, -0.05) is 6.92 Å². The molecular formula is C12H21N3O2S. The van der Waals surface area contributed by atoms with Crippen LogP contribution in [0.25, 0.3) is 0 Å². The molecule has 1 aromatic heterocycles. The number of aryl methyl sites for hydroxylation is 1. The van der Waals surface area contributed by atoms with Crippen molar-refractivity contribution < 1.29 is 8.42 Å². The minimum atomic E-state index is -3.37. The monoisotopic (exact) mass is 271 g/mol. The number of hydrogen-bond acceptors (Lipinski definition) is 3. The average Bonchev–Trinajstić information content (AvgIpc) is 2.76. The lowest BCUT2D eigenvalue weighted by atomic mass is 9.81. The second-order valence-corrected chi connectivity index (χ2v) is 7.16. The maximum absolute atomic E-state index is 12.1. The zero-order valence-corrected chi connectivity index (χ0v) is 11.8. The summed E-state index contributed by atoms with van der Waals surface area (Å²) in [5.74, 6) is 0. The van der Waals surface area contributed by atoms with Crippen molar-refractivity contribution in [3.05, 3.63) is 18.5 Å². The first kappa shape index (κ1) is 13.6. The van der Waals surface area contributed by atoms with Crippen molar-refractivity contribution in [3.8, 4) is 0 Å². The number of sulfonamides is 1. The highest BCUT2D eigenvalue weighted by atomic mass is 32.2. The van der Waals surface area contributed by atoms with Crippen molar-refractivity contribution in [2.75, 3.05) is 19.6 Å². The molecule has 1 saturated heterocycles. The average molecular weight is 271 g/mol. The van der Waals surface area contributed by atoms with Gasteiger partial charge in [0.25, 0.3) is 0 Å². The summed E-state index contributed by atoms with van der Waals surface area (Å²) >= 11 is 0. The number of hydrogen-bond donors (Lipinski definition) is 2. The third kappa shape index (κ3) is 3.13. The van der Waals surface area contributed by atoms with Crippen LogP contribution < -0.4 is 10.0 Å². The van der Waals surface area contributed by atoms with Crippen LogP contribution >= 0.6 is 0 Å². The Morgan fingerprint density at radius 3 is 2.67 bits per heavy atom. The summed E-state index contributed by atoms with van der Waals surface area (Å²) in [6.45, 7) is 4.57. The van der Waals surface area contributed by atoms with Crippen LogP contribution in [0.2, 0.25) is 0 Å². The van der Waals surface area contributed by atoms with Gasteiger partial charge in [-0.2, -0.15) is 0 Å². The molecule has 0 atom stereocenters. The number of nitrogens with one attached hydrogen (secondary N) is 2. The molecular weight excluding hydrogens is 250 g/mol. The van der Waals surface area contributed by atoms with E-state index in [9.17, 15) is 8.42 Å². The van der Waals surface area contributed by atoms with Crippen LogP contribution in [-0.2, 0) is 17.1 Å². The van der Waals surface area contributed by atoms with E-state index >= 15 is 0 Å². The second-order valence-electron chi connectivity index (χ2n) is 5.40. The van der Waals surface area contributed by atoms with E-state index in [-0.39, 0.29) is 5.41 Å². The van der Waals surface area contributed by atoms with Crippen molar-refractivity contribution in [2.24, 2.45) is 12.5 Å². The van der Waals surface area contributed by atoms with Crippen LogP contribution in [-0.4, -0.2) is 32.6 Å². The number of aromatic nitrogens is 1. The predicted molar refractivity (Wildman–Crippen MR) is 70.8 cm³/mol. The summed E-state index contributed by atoms with van der Waals surface area (Å²) < 4.78 is 28.6. The normalized spacial score (nSPS) is 19.9. The van der Waals surface area contributed by atoms with Crippen molar-refractivity contribution in [3.63, 3.8) is 0 Å². The summed E-state index contributed by atoms with van der Waals surface area (Å²) in [7, 11) is -1.56. The molecule has 1 aliphatic rings. The highest BCUT2D eigenvalue weighted by molar-refractivity contribution is 7.89. The molecule has 1 aliphatic heterocycles. The van der Waals surface area contributed by atoms with Gasteiger partial charge in [0.05, 0.1) is 4.90 Å². The van der Waals surface area contributed by atoms with Gasteiger partial charge in [0.1, 0.15) is 0 Å². The first-order valence-electron chi connectivity index (χ1n) is 6.24. The standard InChI is InChI=1S/C12H21N3O2S/c1-12(4-6-13-7-5-12)10-14-18(16,17)11-3-8-15(2)9-11/h3,8-9,13-14H,4-7,10H2,1-2H3. The molecule has 1 fully saturated rings. The Labute approximate surface area is 109 Å². The van der Waals surface area contributed by atoms with Gasteiger partial charge in [0.15, 0.2) is 0 Å². The first-order valence-corrected chi connectivity index (χ1v) is 7.72. The molecule has 5 nitrogen and oxygen atoms in total. The fourth-order valence-corrected chi connectivity index (χ4v) is 3.45. The minimum absolute atomic E-state index is 0.0626. The van der Waals surface area contributed by atoms with E-state index in [0.717, 1.165) is 25.9 Å². The maximum atomic E-state index is 12.1. The predicted octanol–water partition coefficient (Wildman–Crippen LogP) is 0.693. The first-order chi connectivity index (χ1) is 8.41. The van der Waals surface area contributed by atoms with E-state index in [1.807, 2.05) is 7.05 Å². The summed E-state index contributed by atoms with van der Waals surface area (Å²) in [5, 5.41) is 3.29. The lowest BCUT2D eigenvalue weighted by Gasteiger charge is -2.33. The van der Waals surface area contributed by atoms with Gasteiger partial charge >= 0.3 is 0 Å². The number of piperidine rings is 1. The van der Waals surface area contributed by atoms with Gasteiger partial charge in [-0.15, -0.1) is 0 Å². The zero-order valence-electron chi connectivity index (χ0n) is 10.9. The largest absolute Gasteiger partial charge is 0.356 e. The Hall–Kier alpha value is -0.850. The molecule has 2 rings (SSSR count). The van der Waals surface area contributed by atoms with Gasteiger partial charge in [0, 0.05) is 26.0 Å². The summed E-state index contributed by atoms with van der Waals surface area (Å²) in [5.41, 5.74) is 0.0626. The molecule has 1 aromatic rings. The van der Waals surface area contributed by atoms with E-state index in [1.54, 1.807) is 23.0 Å². The van der Waals surface area contributed by atoms with Crippen molar-refractivity contribution in [2.45, 2.75) is 24.7 Å². The molecule has 2 heterocycles. The molecule has 0 saturated carbocycles. The third-order valence-corrected chi connectivity index (χ3v) is 5.00. The van der Waals surface area contributed by atoms with Gasteiger partial charge in [-0.25, -0.2) is 13.1 Å². The van der Waals surface area contributed by atoms with Crippen molar-refractivity contribution >= 4 is 10.0 Å². The second kappa shape index (κ2) is 5.03. The van der Waals surface area contributed by atoms with Crippen molar-refractivity contribution in [1.82, 2.24) is 14.6 Å². The van der Waals surface area contributed by atoms with E-state index in [1.165, 1.54) is 0 Å². The fraction of sp³-hybridized carbons (Fsp3) is 0.667. The quantitative estimate of drug-likeness (QED) is 0.847. The van der Waals surface area contributed by atoms with Crippen LogP contribution in [0.5, 0.6) is 0 Å². The molecule has 0 unspecified atom stereocenters. The third-order valence-electron chi connectivity index (χ3n) is 3.61. The molecule has 0 aromatic carbocycles. The molecule has 102 valence electrons. The van der Waals surface area contributed by atoms with Crippen LogP contribution in [0.15, 0.2) is 23.4 Å². The van der Waals surface area contributed by atoms with Crippen LogP contribution in [0.4, 0.5) is 0 Å². The number of nitrogens with zero attached hydrogens (tertiary/aromatic N) is 1. The highest BCUT2D eigenvalue weighted by Gasteiger charge is 2.28. The van der Waals surface area contributed by atoms with Gasteiger partial charge in [0.2, 0.25) is 10.0 Å². The molecule has 0 bridgehead atoms. The smallest absolute Gasteiger partial charge is 0.242 e. The van der Waals surface area contributed by atoms with Crippen molar-refractivity contribution in [1.29, 1.82) is 0 Å². The molecule has 18 heavy (non-hydrogen) atoms. The van der Waals surface area contributed by atoms with Gasteiger partial charge in [-0.05, 0) is 37.4 Å². The Morgan fingerprint density at radius 1 is 1.44 bits per heavy atom. The maximum Gasteiger partial charge on any atom is 0.242 e. The fourth-order valence-electron chi connectivity index (χ4n) is 2.20. The molecule has 6 heteroatoms. The summed E-state index contributed by atoms with van der Waals surface area (Å²) in [6, 6.07) is 1.62. The lowest BCUT2D eigenvalue weighted by molar-refractivity contribution is 0.232. The Balaban J connectivity index is 2.01. The Bertz CT molecular complexity index is 501. The lowest BCUT2D eigenvalue weighted by Crippen LogP contribution is -2.42. The van der Waals surface area contributed by atoms with E-state index in [2.05, 4.69) is 17.0 Å². The number of rotatable bonds is 4. The minimum Gasteiger partial charge on any atom is -0.356 e. The van der Waals surface area contributed by atoms with Gasteiger partial charge < -0.3 is 9.88 Å². The zero-order chi connectivity index (χ0) is 13.2. The van der Waals surface area contributed by atoms with E-state index < -0.39 is 10.0 Å². The molecule has 0 spiro atoms. The highest BCUT2D eigenvalue weighted by Crippen LogP contribution is 2.27. The van der Waals surface area contributed by atoms with Crippen LogP contribution in [0.1, 0.15) is 19.8 Å².